The summed E-state index contributed by atoms with van der Waals surface area (Å²) in [5.74, 6) is 0.669. The van der Waals surface area contributed by atoms with Gasteiger partial charge in [-0.1, -0.05) is 25.0 Å². The van der Waals surface area contributed by atoms with Gasteiger partial charge in [0.2, 0.25) is 0 Å². The predicted molar refractivity (Wildman–Crippen MR) is 130 cm³/mol. The van der Waals surface area contributed by atoms with Crippen molar-refractivity contribution in [2.75, 3.05) is 42.9 Å². The first-order valence-corrected chi connectivity index (χ1v) is 12.4. The fourth-order valence-electron chi connectivity index (χ4n) is 5.36. The molecule has 33 heavy (non-hydrogen) atoms. The van der Waals surface area contributed by atoms with Crippen LogP contribution in [0.25, 0.3) is 0 Å². The third-order valence-electron chi connectivity index (χ3n) is 7.17. The minimum atomic E-state index is -0.241. The number of likely N-dealkylation sites (tertiary alicyclic amines) is 2. The van der Waals surface area contributed by atoms with Crippen LogP contribution in [0.4, 0.5) is 22.0 Å². The maximum Gasteiger partial charge on any atom is 0.330 e. The van der Waals surface area contributed by atoms with Gasteiger partial charge in [0, 0.05) is 19.3 Å². The van der Waals surface area contributed by atoms with Gasteiger partial charge in [0.15, 0.2) is 5.82 Å². The van der Waals surface area contributed by atoms with Gasteiger partial charge in [-0.25, -0.2) is 14.7 Å². The highest BCUT2D eigenvalue weighted by Crippen LogP contribution is 2.37. The lowest BCUT2D eigenvalue weighted by Gasteiger charge is -2.37. The van der Waals surface area contributed by atoms with Crippen molar-refractivity contribution >= 4 is 29.1 Å². The van der Waals surface area contributed by atoms with E-state index in [4.69, 9.17) is 0 Å². The number of fused-ring (bicyclic) bond motifs is 2. The van der Waals surface area contributed by atoms with Crippen molar-refractivity contribution in [2.45, 2.75) is 44.9 Å². The molecule has 0 spiro atoms. The molecule has 3 aliphatic rings. The van der Waals surface area contributed by atoms with Gasteiger partial charge in [0.25, 0.3) is 5.91 Å². The van der Waals surface area contributed by atoms with Crippen molar-refractivity contribution in [1.29, 1.82) is 0 Å². The highest BCUT2D eigenvalue weighted by molar-refractivity contribution is 6.16. The molecular formula is C26H33N5O2. The topological polar surface area (TPSA) is 68.8 Å². The van der Waals surface area contributed by atoms with Crippen LogP contribution in [0.1, 0.15) is 55.3 Å². The Hall–Kier alpha value is -2.93. The molecule has 3 amide bonds. The van der Waals surface area contributed by atoms with Gasteiger partial charge in [0.1, 0.15) is 0 Å². The van der Waals surface area contributed by atoms with Gasteiger partial charge in [-0.05, 0) is 81.9 Å². The van der Waals surface area contributed by atoms with E-state index in [0.717, 1.165) is 32.5 Å². The molecule has 4 heterocycles. The zero-order valence-corrected chi connectivity index (χ0v) is 19.2. The van der Waals surface area contributed by atoms with E-state index < -0.39 is 0 Å². The van der Waals surface area contributed by atoms with E-state index in [1.54, 1.807) is 23.2 Å². The van der Waals surface area contributed by atoms with Crippen LogP contribution < -0.4 is 10.2 Å². The molecule has 2 aromatic rings. The molecule has 2 fully saturated rings. The fourth-order valence-corrected chi connectivity index (χ4v) is 5.36. The van der Waals surface area contributed by atoms with E-state index in [2.05, 4.69) is 15.2 Å². The molecule has 5 rings (SSSR count). The van der Waals surface area contributed by atoms with E-state index in [1.807, 2.05) is 29.2 Å². The Morgan fingerprint density at radius 3 is 2.67 bits per heavy atom. The van der Waals surface area contributed by atoms with Crippen LogP contribution in [0.15, 0.2) is 42.6 Å². The maximum atomic E-state index is 13.9. The Balaban J connectivity index is 1.35. The Kier molecular flexibility index (Phi) is 6.58. The second-order valence-electron chi connectivity index (χ2n) is 9.46. The van der Waals surface area contributed by atoms with Crippen molar-refractivity contribution in [3.05, 3.63) is 48.2 Å². The summed E-state index contributed by atoms with van der Waals surface area (Å²) in [6.45, 7) is 5.05. The molecule has 174 valence electrons. The number of hydrogen-bond donors (Lipinski definition) is 1. The molecule has 1 N–H and O–H groups in total. The highest BCUT2D eigenvalue weighted by Gasteiger charge is 2.34. The summed E-state index contributed by atoms with van der Waals surface area (Å²) < 4.78 is 0. The third-order valence-corrected chi connectivity index (χ3v) is 7.17. The number of pyridine rings is 1. The van der Waals surface area contributed by atoms with E-state index in [-0.39, 0.29) is 11.9 Å². The van der Waals surface area contributed by atoms with Crippen LogP contribution in [0.3, 0.4) is 0 Å². The first kappa shape index (κ1) is 21.9. The van der Waals surface area contributed by atoms with Crippen molar-refractivity contribution < 1.29 is 9.59 Å². The number of carbonyl (C=O) groups excluding carboxylic acids is 2. The molecule has 0 saturated carbocycles. The third kappa shape index (κ3) is 4.74. The lowest BCUT2D eigenvalue weighted by Crippen LogP contribution is -2.47. The minimum absolute atomic E-state index is 0.0987. The van der Waals surface area contributed by atoms with Gasteiger partial charge in [-0.15, -0.1) is 0 Å². The van der Waals surface area contributed by atoms with E-state index in [0.29, 0.717) is 28.7 Å². The number of aromatic nitrogens is 1. The number of nitrogens with zero attached hydrogens (tertiary/aromatic N) is 4. The average Bonchev–Trinajstić information content (AvgIpc) is 3.19. The highest BCUT2D eigenvalue weighted by atomic mass is 16.2. The number of anilines is 3. The lowest BCUT2D eigenvalue weighted by atomic mass is 9.94. The monoisotopic (exact) mass is 447 g/mol. The Bertz CT molecular complexity index is 1000. The number of piperidine rings is 1. The molecule has 7 heteroatoms. The molecule has 1 atom stereocenters. The summed E-state index contributed by atoms with van der Waals surface area (Å²) in [5, 5.41) is 2.94. The molecule has 0 bridgehead atoms. The summed E-state index contributed by atoms with van der Waals surface area (Å²) in [5.41, 5.74) is 1.71. The molecule has 1 aromatic carbocycles. The SMILES string of the molecule is O=C1Nc2ccccc2N(C(=O)N2CCCC(CCN3CCCCCC3)C2)c2ncccc21. The van der Waals surface area contributed by atoms with Crippen molar-refractivity contribution in [2.24, 2.45) is 5.92 Å². The first-order chi connectivity index (χ1) is 16.2. The number of amides is 3. The van der Waals surface area contributed by atoms with E-state index in [1.165, 1.54) is 45.2 Å². The first-order valence-electron chi connectivity index (χ1n) is 12.4. The minimum Gasteiger partial charge on any atom is -0.324 e. The van der Waals surface area contributed by atoms with Gasteiger partial charge in [0.05, 0.1) is 16.9 Å². The number of rotatable bonds is 3. The van der Waals surface area contributed by atoms with Crippen LogP contribution in [-0.2, 0) is 0 Å². The normalized spacial score (nSPS) is 21.5. The number of urea groups is 1. The fraction of sp³-hybridized carbons (Fsp3) is 0.500. The van der Waals surface area contributed by atoms with Gasteiger partial charge in [-0.3, -0.25) is 4.79 Å². The molecule has 1 unspecified atom stereocenters. The van der Waals surface area contributed by atoms with Crippen molar-refractivity contribution in [1.82, 2.24) is 14.8 Å². The van der Waals surface area contributed by atoms with Crippen LogP contribution in [-0.4, -0.2) is 59.4 Å². The maximum absolute atomic E-state index is 13.9. The Morgan fingerprint density at radius 1 is 1.00 bits per heavy atom. The largest absolute Gasteiger partial charge is 0.330 e. The number of nitrogens with one attached hydrogen (secondary N) is 1. The van der Waals surface area contributed by atoms with Gasteiger partial charge < -0.3 is 15.1 Å². The molecule has 0 aliphatic carbocycles. The average molecular weight is 448 g/mol. The summed E-state index contributed by atoms with van der Waals surface area (Å²) in [6, 6.07) is 10.8. The zero-order chi connectivity index (χ0) is 22.6. The van der Waals surface area contributed by atoms with Crippen molar-refractivity contribution in [3.8, 4) is 0 Å². The molecule has 3 aliphatic heterocycles. The van der Waals surface area contributed by atoms with Gasteiger partial charge in [-0.2, -0.15) is 0 Å². The summed E-state index contributed by atoms with van der Waals surface area (Å²) >= 11 is 0. The standard InChI is InChI=1S/C26H33N5O2/c32-25-21-10-7-14-27-24(21)31(23-12-4-3-11-22(23)28-25)26(33)30-17-8-9-20(19-30)13-18-29-15-5-1-2-6-16-29/h3-4,7,10-12,14,20H,1-2,5-6,8-9,13,15-19H2,(H,28,32). The summed E-state index contributed by atoms with van der Waals surface area (Å²) in [7, 11) is 0. The molecule has 1 aromatic heterocycles. The van der Waals surface area contributed by atoms with Gasteiger partial charge >= 0.3 is 6.03 Å². The summed E-state index contributed by atoms with van der Waals surface area (Å²) in [6.07, 6.45) is 10.3. The van der Waals surface area contributed by atoms with E-state index in [9.17, 15) is 9.59 Å². The quantitative estimate of drug-likeness (QED) is 0.728. The molecule has 7 nitrogen and oxygen atoms in total. The second kappa shape index (κ2) is 9.91. The molecule has 2 saturated heterocycles. The Labute approximate surface area is 195 Å². The van der Waals surface area contributed by atoms with Crippen molar-refractivity contribution in [3.63, 3.8) is 0 Å². The molecular weight excluding hydrogens is 414 g/mol. The number of para-hydroxylation sites is 2. The summed E-state index contributed by atoms with van der Waals surface area (Å²) in [4.78, 5) is 37.4. The predicted octanol–water partition coefficient (Wildman–Crippen LogP) is 4.88. The second-order valence-corrected chi connectivity index (χ2v) is 9.46. The van der Waals surface area contributed by atoms with Crippen LogP contribution in [0.5, 0.6) is 0 Å². The van der Waals surface area contributed by atoms with Crippen LogP contribution in [0, 0.1) is 5.92 Å². The zero-order valence-electron chi connectivity index (χ0n) is 19.2. The van der Waals surface area contributed by atoms with Crippen LogP contribution in [0.2, 0.25) is 0 Å². The van der Waals surface area contributed by atoms with E-state index >= 15 is 0 Å². The molecule has 0 radical (unpaired) electrons. The smallest absolute Gasteiger partial charge is 0.324 e. The number of benzene rings is 1. The lowest BCUT2D eigenvalue weighted by molar-refractivity contribution is 0.102. The van der Waals surface area contributed by atoms with Crippen LogP contribution >= 0.6 is 0 Å². The Morgan fingerprint density at radius 2 is 1.82 bits per heavy atom. The number of hydrogen-bond acceptors (Lipinski definition) is 4. The number of carbonyl (C=O) groups is 2.